The maximum Gasteiger partial charge on any atom is 0.238 e. The number of ketones is 1. The van der Waals surface area contributed by atoms with Crippen LogP contribution in [0.5, 0.6) is 23.0 Å². The number of methoxy groups -OCH3 is 4. The van der Waals surface area contributed by atoms with Crippen molar-refractivity contribution in [2.45, 2.75) is 0 Å². The lowest BCUT2D eigenvalue weighted by atomic mass is 10.00. The molecule has 0 aliphatic carbocycles. The van der Waals surface area contributed by atoms with E-state index in [0.717, 1.165) is 0 Å². The van der Waals surface area contributed by atoms with Gasteiger partial charge >= 0.3 is 0 Å². The van der Waals surface area contributed by atoms with Crippen LogP contribution >= 0.6 is 0 Å². The highest BCUT2D eigenvalue weighted by Crippen LogP contribution is 2.39. The Balaban J connectivity index is 2.55. The minimum absolute atomic E-state index is 0.213. The van der Waals surface area contributed by atoms with E-state index in [9.17, 15) is 9.59 Å². The number of rotatable bonds is 8. The van der Waals surface area contributed by atoms with Gasteiger partial charge < -0.3 is 30.0 Å². The predicted molar refractivity (Wildman–Crippen MR) is 100 cm³/mol. The molecule has 2 rings (SSSR count). The first-order valence-electron chi connectivity index (χ1n) is 8.01. The van der Waals surface area contributed by atoms with Crippen molar-refractivity contribution in [3.63, 3.8) is 0 Å². The molecular weight excluding hydrogens is 352 g/mol. The third kappa shape index (κ3) is 4.29. The van der Waals surface area contributed by atoms with Gasteiger partial charge in [-0.25, -0.2) is 0 Å². The fourth-order valence-electron chi connectivity index (χ4n) is 2.52. The van der Waals surface area contributed by atoms with E-state index in [1.165, 1.54) is 28.4 Å². The molecule has 1 amide bonds. The van der Waals surface area contributed by atoms with Gasteiger partial charge in [0.05, 0.1) is 40.7 Å². The van der Waals surface area contributed by atoms with Gasteiger partial charge in [0.15, 0.2) is 17.3 Å². The SMILES string of the molecule is COc1ccc(C(=O)c2cc(OC)c(OC)c(OC)c2)c(NC(=O)CN)c1. The molecule has 0 aliphatic heterocycles. The van der Waals surface area contributed by atoms with Crippen molar-refractivity contribution < 1.29 is 28.5 Å². The molecule has 0 radical (unpaired) electrons. The molecule has 0 saturated carbocycles. The Labute approximate surface area is 157 Å². The molecule has 0 fully saturated rings. The zero-order valence-corrected chi connectivity index (χ0v) is 15.6. The lowest BCUT2D eigenvalue weighted by Crippen LogP contribution is -2.23. The molecule has 0 aliphatic rings. The summed E-state index contributed by atoms with van der Waals surface area (Å²) in [4.78, 5) is 24.8. The first-order chi connectivity index (χ1) is 13.0. The van der Waals surface area contributed by atoms with Crippen LogP contribution in [0.25, 0.3) is 0 Å². The Morgan fingerprint density at radius 2 is 1.56 bits per heavy atom. The van der Waals surface area contributed by atoms with Gasteiger partial charge in [0.1, 0.15) is 5.75 Å². The van der Waals surface area contributed by atoms with Crippen molar-refractivity contribution in [3.8, 4) is 23.0 Å². The van der Waals surface area contributed by atoms with Gasteiger partial charge in [0.25, 0.3) is 0 Å². The Hall–Kier alpha value is -3.26. The maximum absolute atomic E-state index is 13.1. The largest absolute Gasteiger partial charge is 0.497 e. The molecule has 0 atom stereocenters. The second kappa shape index (κ2) is 8.91. The number of carbonyl (C=O) groups excluding carboxylic acids is 2. The number of hydrogen-bond acceptors (Lipinski definition) is 7. The molecule has 3 N–H and O–H groups in total. The van der Waals surface area contributed by atoms with E-state index in [2.05, 4.69) is 5.32 Å². The summed E-state index contributed by atoms with van der Waals surface area (Å²) >= 11 is 0. The second-order valence-electron chi connectivity index (χ2n) is 5.41. The zero-order valence-electron chi connectivity index (χ0n) is 15.6. The van der Waals surface area contributed by atoms with Gasteiger partial charge in [-0.2, -0.15) is 0 Å². The first-order valence-corrected chi connectivity index (χ1v) is 8.01. The highest BCUT2D eigenvalue weighted by molar-refractivity contribution is 6.14. The van der Waals surface area contributed by atoms with Crippen molar-refractivity contribution in [2.24, 2.45) is 5.73 Å². The highest BCUT2D eigenvalue weighted by Gasteiger charge is 2.21. The standard InChI is InChI=1S/C19H22N2O6/c1-24-12-5-6-13(14(9-12)21-17(22)10-20)18(23)11-7-15(25-2)19(27-4)16(8-11)26-3/h5-9H,10,20H2,1-4H3,(H,21,22). The van der Waals surface area contributed by atoms with Crippen molar-refractivity contribution in [2.75, 3.05) is 40.3 Å². The molecule has 2 aromatic rings. The number of amides is 1. The third-order valence-electron chi connectivity index (χ3n) is 3.86. The van der Waals surface area contributed by atoms with E-state index in [1.807, 2.05) is 0 Å². The Kier molecular flexibility index (Phi) is 6.62. The molecule has 144 valence electrons. The van der Waals surface area contributed by atoms with Crippen molar-refractivity contribution in [3.05, 3.63) is 41.5 Å². The predicted octanol–water partition coefficient (Wildman–Crippen LogP) is 1.85. The molecule has 27 heavy (non-hydrogen) atoms. The van der Waals surface area contributed by atoms with E-state index < -0.39 is 5.91 Å². The van der Waals surface area contributed by atoms with Crippen LogP contribution in [0.1, 0.15) is 15.9 Å². The number of nitrogens with one attached hydrogen (secondary N) is 1. The number of hydrogen-bond donors (Lipinski definition) is 2. The zero-order chi connectivity index (χ0) is 20.0. The molecule has 2 aromatic carbocycles. The summed E-state index contributed by atoms with van der Waals surface area (Å²) in [7, 11) is 5.90. The van der Waals surface area contributed by atoms with E-state index in [1.54, 1.807) is 30.3 Å². The average Bonchev–Trinajstić information content (AvgIpc) is 2.71. The first kappa shape index (κ1) is 20.1. The lowest BCUT2D eigenvalue weighted by Gasteiger charge is -2.15. The van der Waals surface area contributed by atoms with Crippen LogP contribution in [-0.4, -0.2) is 46.7 Å². The van der Waals surface area contributed by atoms with Gasteiger partial charge in [-0.05, 0) is 24.3 Å². The van der Waals surface area contributed by atoms with Gasteiger partial charge in [-0.1, -0.05) is 0 Å². The molecule has 8 heteroatoms. The smallest absolute Gasteiger partial charge is 0.238 e. The molecule has 0 spiro atoms. The second-order valence-corrected chi connectivity index (χ2v) is 5.41. The van der Waals surface area contributed by atoms with Crippen molar-refractivity contribution in [1.29, 1.82) is 0 Å². The maximum atomic E-state index is 13.1. The fourth-order valence-corrected chi connectivity index (χ4v) is 2.52. The molecule has 8 nitrogen and oxygen atoms in total. The average molecular weight is 374 g/mol. The normalized spacial score (nSPS) is 10.1. The van der Waals surface area contributed by atoms with Crippen LogP contribution in [-0.2, 0) is 4.79 Å². The van der Waals surface area contributed by atoms with E-state index in [-0.39, 0.29) is 17.9 Å². The van der Waals surface area contributed by atoms with E-state index in [0.29, 0.717) is 34.2 Å². The molecule has 0 unspecified atom stereocenters. The minimum atomic E-state index is -0.429. The van der Waals surface area contributed by atoms with Gasteiger partial charge in [-0.3, -0.25) is 9.59 Å². The van der Waals surface area contributed by atoms with Crippen LogP contribution < -0.4 is 30.0 Å². The number of nitrogens with two attached hydrogens (primary N) is 1. The molecule has 0 saturated heterocycles. The van der Waals surface area contributed by atoms with Gasteiger partial charge in [-0.15, -0.1) is 0 Å². The summed E-state index contributed by atoms with van der Waals surface area (Å²) in [6, 6.07) is 7.84. The van der Waals surface area contributed by atoms with Crippen LogP contribution in [0, 0.1) is 0 Å². The minimum Gasteiger partial charge on any atom is -0.497 e. The number of ether oxygens (including phenoxy) is 4. The summed E-state index contributed by atoms with van der Waals surface area (Å²) < 4.78 is 21.0. The van der Waals surface area contributed by atoms with Crippen molar-refractivity contribution >= 4 is 17.4 Å². The summed E-state index contributed by atoms with van der Waals surface area (Å²) in [6.07, 6.45) is 0. The number of anilines is 1. The molecule has 0 aromatic heterocycles. The van der Waals surface area contributed by atoms with Crippen LogP contribution in [0.3, 0.4) is 0 Å². The summed E-state index contributed by atoms with van der Waals surface area (Å²) in [6.45, 7) is -0.213. The van der Waals surface area contributed by atoms with Crippen LogP contribution in [0.15, 0.2) is 30.3 Å². The van der Waals surface area contributed by atoms with E-state index >= 15 is 0 Å². The molecule has 0 bridgehead atoms. The Bertz CT molecular complexity index is 825. The monoisotopic (exact) mass is 374 g/mol. The lowest BCUT2D eigenvalue weighted by molar-refractivity contribution is -0.114. The van der Waals surface area contributed by atoms with Crippen molar-refractivity contribution in [1.82, 2.24) is 0 Å². The Morgan fingerprint density at radius 3 is 2.04 bits per heavy atom. The topological polar surface area (TPSA) is 109 Å². The Morgan fingerprint density at radius 1 is 0.926 bits per heavy atom. The summed E-state index contributed by atoms with van der Waals surface area (Å²) in [5.74, 6) is 0.792. The summed E-state index contributed by atoms with van der Waals surface area (Å²) in [5.41, 5.74) is 6.23. The third-order valence-corrected chi connectivity index (χ3v) is 3.86. The number of benzene rings is 2. The van der Waals surface area contributed by atoms with Crippen LogP contribution in [0.4, 0.5) is 5.69 Å². The fraction of sp³-hybridized carbons (Fsp3) is 0.263. The molecular formula is C19H22N2O6. The highest BCUT2D eigenvalue weighted by atomic mass is 16.5. The van der Waals surface area contributed by atoms with Gasteiger partial charge in [0.2, 0.25) is 11.7 Å². The quantitative estimate of drug-likeness (QED) is 0.679. The molecule has 0 heterocycles. The van der Waals surface area contributed by atoms with Gasteiger partial charge in [0, 0.05) is 17.2 Å². The summed E-state index contributed by atoms with van der Waals surface area (Å²) in [5, 5.41) is 2.61. The van der Waals surface area contributed by atoms with Crippen LogP contribution in [0.2, 0.25) is 0 Å². The van der Waals surface area contributed by atoms with E-state index in [4.69, 9.17) is 24.7 Å². The number of carbonyl (C=O) groups is 2.